The summed E-state index contributed by atoms with van der Waals surface area (Å²) in [6.07, 6.45) is 1.53. The second-order valence-corrected chi connectivity index (χ2v) is 7.41. The average molecular weight is 469 g/mol. The summed E-state index contributed by atoms with van der Waals surface area (Å²) < 4.78 is 7.38. The van der Waals surface area contributed by atoms with Crippen molar-refractivity contribution in [2.24, 2.45) is 17.3 Å². The fraction of sp³-hybridized carbons (Fsp3) is 0.176. The van der Waals surface area contributed by atoms with Crippen LogP contribution in [0.2, 0.25) is 0 Å². The van der Waals surface area contributed by atoms with Crippen molar-refractivity contribution < 1.29 is 14.5 Å². The minimum atomic E-state index is -0.679. The number of hydrogen-bond donors (Lipinski definition) is 2. The Morgan fingerprint density at radius 1 is 1.27 bits per heavy atom. The highest BCUT2D eigenvalue weighted by molar-refractivity contribution is 7.98. The smallest absolute Gasteiger partial charge is 0.293 e. The number of aromatic nitrogens is 8. The van der Waals surface area contributed by atoms with E-state index in [1.807, 2.05) is 0 Å². The van der Waals surface area contributed by atoms with Crippen molar-refractivity contribution in [1.82, 2.24) is 45.5 Å². The molecule has 0 aliphatic heterocycles. The fourth-order valence-corrected chi connectivity index (χ4v) is 3.59. The average Bonchev–Trinajstić information content (AvgIpc) is 3.55. The maximum atomic E-state index is 12.9. The molecule has 0 spiro atoms. The first kappa shape index (κ1) is 21.8. The lowest BCUT2D eigenvalue weighted by Gasteiger charge is -2.06. The van der Waals surface area contributed by atoms with E-state index < -0.39 is 5.91 Å². The van der Waals surface area contributed by atoms with Crippen LogP contribution in [-0.4, -0.2) is 56.8 Å². The predicted octanol–water partition coefficient (Wildman–Crippen LogP) is 1.33. The van der Waals surface area contributed by atoms with Gasteiger partial charge in [-0.05, 0) is 34.5 Å². The second-order valence-electron chi connectivity index (χ2n) is 6.47. The van der Waals surface area contributed by atoms with Gasteiger partial charge in [0.2, 0.25) is 5.82 Å². The Kier molecular flexibility index (Phi) is 6.16. The maximum Gasteiger partial charge on any atom is 0.293 e. The molecule has 0 aliphatic carbocycles. The number of nitrogens with zero attached hydrogens (tertiary/aromatic N) is 10. The number of amides is 1. The number of para-hydroxylation sites is 1. The van der Waals surface area contributed by atoms with Gasteiger partial charge >= 0.3 is 0 Å². The van der Waals surface area contributed by atoms with Gasteiger partial charge in [0.05, 0.1) is 11.4 Å². The van der Waals surface area contributed by atoms with Crippen molar-refractivity contribution >= 4 is 29.2 Å². The molecular weight excluding hydrogens is 454 g/mol. The lowest BCUT2D eigenvalue weighted by atomic mass is 10.1. The zero-order valence-corrected chi connectivity index (χ0v) is 18.0. The largest absolute Gasteiger partial charge is 0.507 e. The number of nitrogens with one attached hydrogen (secondary N) is 1. The topological polar surface area (TPSA) is 191 Å². The molecule has 4 rings (SSSR count). The molecule has 15 nitrogen and oxygen atoms in total. The molecule has 4 aromatic rings. The van der Waals surface area contributed by atoms with E-state index >= 15 is 0 Å². The first-order valence-corrected chi connectivity index (χ1v) is 10.2. The third-order valence-corrected chi connectivity index (χ3v) is 5.39. The van der Waals surface area contributed by atoms with Crippen LogP contribution in [-0.2, 0) is 12.8 Å². The van der Waals surface area contributed by atoms with E-state index in [2.05, 4.69) is 51.2 Å². The van der Waals surface area contributed by atoms with E-state index in [0.29, 0.717) is 16.4 Å². The molecular formula is C17H15N11O4S. The fourth-order valence-electron chi connectivity index (χ4n) is 2.71. The van der Waals surface area contributed by atoms with Crippen molar-refractivity contribution in [3.63, 3.8) is 0 Å². The monoisotopic (exact) mass is 469 g/mol. The van der Waals surface area contributed by atoms with Crippen LogP contribution in [0.5, 0.6) is 5.75 Å². The predicted molar refractivity (Wildman–Crippen MR) is 113 cm³/mol. The Hall–Kier alpha value is -4.47. The molecule has 0 unspecified atom stereocenters. The van der Waals surface area contributed by atoms with Crippen LogP contribution in [0.1, 0.15) is 28.7 Å². The molecule has 168 valence electrons. The summed E-state index contributed by atoms with van der Waals surface area (Å²) in [6.45, 7) is 1.63. The Balaban J connectivity index is 1.64. The molecule has 3 aromatic heterocycles. The summed E-state index contributed by atoms with van der Waals surface area (Å²) >= 11 is 1.24. The van der Waals surface area contributed by atoms with Gasteiger partial charge in [-0.25, -0.2) is 10.1 Å². The van der Waals surface area contributed by atoms with Crippen LogP contribution >= 0.6 is 11.8 Å². The number of aryl methyl sites for hydroxylation is 1. The van der Waals surface area contributed by atoms with Gasteiger partial charge in [-0.15, -0.1) is 20.2 Å². The standard InChI is InChI=1S/C17H15N11O4S/c1-9(10-5-3-4-6-12(10)29)19-21-16(30)13-11(7-33-17-22-18-8-27(17)2)28(26-20-13)15-14(23-31)24-32-25-15/h3-6,8,29H,7H2,1-2H3,(H,21,30)/b19-9+. The Bertz CT molecular complexity index is 1340. The SMILES string of the molecule is C/C(=N\NC(=O)c1nnn(-c2nonc2N=O)c1CSc1nncn1C)c1ccccc1O. The van der Waals surface area contributed by atoms with Crippen LogP contribution < -0.4 is 5.43 Å². The number of benzene rings is 1. The van der Waals surface area contributed by atoms with Crippen molar-refractivity contribution in [3.05, 3.63) is 52.5 Å². The van der Waals surface area contributed by atoms with Gasteiger partial charge in [0, 0.05) is 18.4 Å². The molecule has 0 saturated heterocycles. The number of nitroso groups, excluding NO2 is 1. The molecule has 0 bridgehead atoms. The van der Waals surface area contributed by atoms with Gasteiger partial charge in [-0.1, -0.05) is 29.1 Å². The van der Waals surface area contributed by atoms with Crippen LogP contribution in [0, 0.1) is 4.91 Å². The highest BCUT2D eigenvalue weighted by Crippen LogP contribution is 2.26. The van der Waals surface area contributed by atoms with E-state index in [1.54, 1.807) is 36.7 Å². The minimum Gasteiger partial charge on any atom is -0.507 e. The number of phenols is 1. The summed E-state index contributed by atoms with van der Waals surface area (Å²) in [5.74, 6) is -0.992. The van der Waals surface area contributed by atoms with E-state index in [1.165, 1.54) is 24.2 Å². The second kappa shape index (κ2) is 9.35. The molecule has 1 aromatic carbocycles. The molecule has 0 atom stereocenters. The maximum absolute atomic E-state index is 12.9. The molecule has 0 radical (unpaired) electrons. The number of hydrazone groups is 1. The van der Waals surface area contributed by atoms with E-state index in [0.717, 1.165) is 4.68 Å². The number of carbonyl (C=O) groups excluding carboxylic acids is 1. The molecule has 33 heavy (non-hydrogen) atoms. The van der Waals surface area contributed by atoms with Gasteiger partial charge in [-0.3, -0.25) is 4.79 Å². The number of thioether (sulfide) groups is 1. The van der Waals surface area contributed by atoms with Gasteiger partial charge in [-0.2, -0.15) is 9.78 Å². The lowest BCUT2D eigenvalue weighted by Crippen LogP contribution is -2.21. The number of phenolic OH excluding ortho intramolecular Hbond substituents is 1. The Morgan fingerprint density at radius 2 is 2.09 bits per heavy atom. The third-order valence-electron chi connectivity index (χ3n) is 4.35. The molecule has 3 heterocycles. The first-order chi connectivity index (χ1) is 16.0. The Labute approximate surface area is 188 Å². The van der Waals surface area contributed by atoms with Crippen LogP contribution in [0.3, 0.4) is 0 Å². The summed E-state index contributed by atoms with van der Waals surface area (Å²) in [7, 11) is 1.76. The van der Waals surface area contributed by atoms with Crippen molar-refractivity contribution in [2.75, 3.05) is 0 Å². The number of hydrogen-bond acceptors (Lipinski definition) is 13. The quantitative estimate of drug-likeness (QED) is 0.164. The van der Waals surface area contributed by atoms with Crippen LogP contribution in [0.15, 0.2) is 50.7 Å². The molecule has 0 saturated carbocycles. The number of aromatic hydroxyl groups is 1. The van der Waals surface area contributed by atoms with Gasteiger partial charge in [0.15, 0.2) is 10.9 Å². The number of carbonyl (C=O) groups is 1. The van der Waals surface area contributed by atoms with E-state index in [4.69, 9.17) is 0 Å². The third kappa shape index (κ3) is 4.45. The summed E-state index contributed by atoms with van der Waals surface area (Å²) in [5, 5.41) is 39.9. The van der Waals surface area contributed by atoms with Gasteiger partial charge in [0.25, 0.3) is 11.7 Å². The van der Waals surface area contributed by atoms with Crippen molar-refractivity contribution in [1.29, 1.82) is 0 Å². The molecule has 16 heteroatoms. The molecule has 0 fully saturated rings. The van der Waals surface area contributed by atoms with Crippen LogP contribution in [0.25, 0.3) is 5.82 Å². The zero-order chi connectivity index (χ0) is 23.4. The van der Waals surface area contributed by atoms with Crippen molar-refractivity contribution in [3.8, 4) is 11.6 Å². The molecule has 0 aliphatic rings. The highest BCUT2D eigenvalue weighted by Gasteiger charge is 2.25. The zero-order valence-electron chi connectivity index (χ0n) is 17.1. The highest BCUT2D eigenvalue weighted by atomic mass is 32.2. The lowest BCUT2D eigenvalue weighted by molar-refractivity contribution is 0.0949. The summed E-state index contributed by atoms with van der Waals surface area (Å²) in [5.41, 5.74) is 3.39. The van der Waals surface area contributed by atoms with E-state index in [9.17, 15) is 14.8 Å². The van der Waals surface area contributed by atoms with Crippen molar-refractivity contribution in [2.45, 2.75) is 17.8 Å². The molecule has 1 amide bonds. The normalized spacial score (nSPS) is 11.5. The summed E-state index contributed by atoms with van der Waals surface area (Å²) in [6, 6.07) is 6.57. The Morgan fingerprint density at radius 3 is 2.82 bits per heavy atom. The van der Waals surface area contributed by atoms with Crippen LogP contribution in [0.4, 0.5) is 5.82 Å². The minimum absolute atomic E-state index is 0.0205. The summed E-state index contributed by atoms with van der Waals surface area (Å²) in [4.78, 5) is 23.9. The molecule has 2 N–H and O–H groups in total. The first-order valence-electron chi connectivity index (χ1n) is 9.20. The van der Waals surface area contributed by atoms with Gasteiger partial charge in [0.1, 0.15) is 12.1 Å². The number of rotatable bonds is 8. The van der Waals surface area contributed by atoms with E-state index in [-0.39, 0.29) is 34.5 Å². The van der Waals surface area contributed by atoms with Gasteiger partial charge < -0.3 is 9.67 Å².